The maximum Gasteiger partial charge on any atom is 0.357 e. The van der Waals surface area contributed by atoms with Crippen molar-refractivity contribution in [3.8, 4) is 0 Å². The predicted octanol–water partition coefficient (Wildman–Crippen LogP) is 3.69. The van der Waals surface area contributed by atoms with E-state index in [0.29, 0.717) is 5.69 Å². The fourth-order valence-electron chi connectivity index (χ4n) is 1.81. The molecule has 2 aromatic heterocycles. The number of rotatable bonds is 5. The molecule has 0 aromatic carbocycles. The quantitative estimate of drug-likeness (QED) is 0.856. The van der Waals surface area contributed by atoms with Gasteiger partial charge in [-0.1, -0.05) is 19.9 Å². The van der Waals surface area contributed by atoms with Gasteiger partial charge in [0.25, 0.3) is 0 Å². The van der Waals surface area contributed by atoms with E-state index in [1.54, 1.807) is 11.3 Å². The Hall–Kier alpha value is -1.40. The normalized spacial score (nSPS) is 11.4. The molecule has 0 unspecified atom stereocenters. The number of aryl methyl sites for hydroxylation is 1. The van der Waals surface area contributed by atoms with Crippen LogP contribution in [0.25, 0.3) is 0 Å². The molecule has 20 heavy (non-hydrogen) atoms. The molecule has 0 aliphatic rings. The summed E-state index contributed by atoms with van der Waals surface area (Å²) < 4.78 is 4.71. The summed E-state index contributed by atoms with van der Waals surface area (Å²) in [5.74, 6) is -0.385. The smallest absolute Gasteiger partial charge is 0.357 e. The zero-order chi connectivity index (χ0) is 14.8. The topological polar surface area (TPSA) is 51.2 Å². The molecule has 1 N–H and O–H groups in total. The van der Waals surface area contributed by atoms with Crippen LogP contribution in [0.4, 0.5) is 5.13 Å². The van der Waals surface area contributed by atoms with E-state index >= 15 is 0 Å². The summed E-state index contributed by atoms with van der Waals surface area (Å²) in [7, 11) is 1.37. The van der Waals surface area contributed by atoms with Crippen LogP contribution in [0.2, 0.25) is 0 Å². The number of aromatic nitrogens is 1. The Morgan fingerprint density at radius 3 is 2.85 bits per heavy atom. The number of carbonyl (C=O) groups excluding carboxylic acids is 1. The van der Waals surface area contributed by atoms with E-state index in [4.69, 9.17) is 4.74 Å². The maximum atomic E-state index is 11.5. The van der Waals surface area contributed by atoms with Crippen molar-refractivity contribution in [2.24, 2.45) is 0 Å². The number of thiazole rings is 1. The fraction of sp³-hybridized carbons (Fsp3) is 0.429. The van der Waals surface area contributed by atoms with Crippen molar-refractivity contribution in [2.45, 2.75) is 26.2 Å². The predicted molar refractivity (Wildman–Crippen MR) is 84.0 cm³/mol. The summed E-state index contributed by atoms with van der Waals surface area (Å²) in [4.78, 5) is 18.0. The van der Waals surface area contributed by atoms with Crippen LogP contribution < -0.4 is 5.32 Å². The number of methoxy groups -OCH3 is 1. The van der Waals surface area contributed by atoms with E-state index in [1.165, 1.54) is 23.3 Å². The Kier molecular flexibility index (Phi) is 4.45. The number of anilines is 1. The lowest BCUT2D eigenvalue weighted by Crippen LogP contribution is -2.26. The second-order valence-corrected chi connectivity index (χ2v) is 7.28. The van der Waals surface area contributed by atoms with Gasteiger partial charge in [-0.3, -0.25) is 0 Å². The minimum Gasteiger partial charge on any atom is -0.464 e. The third kappa shape index (κ3) is 3.19. The van der Waals surface area contributed by atoms with Crippen molar-refractivity contribution in [1.29, 1.82) is 0 Å². The Labute approximate surface area is 126 Å². The number of hydrogen-bond donors (Lipinski definition) is 1. The highest BCUT2D eigenvalue weighted by molar-refractivity contribution is 7.15. The van der Waals surface area contributed by atoms with Crippen LogP contribution in [0.1, 0.15) is 34.1 Å². The number of nitrogens with one attached hydrogen (secondary N) is 1. The minimum absolute atomic E-state index is 0.0270. The molecule has 0 atom stereocenters. The third-order valence-electron chi connectivity index (χ3n) is 3.05. The van der Waals surface area contributed by atoms with Crippen molar-refractivity contribution in [3.05, 3.63) is 33.0 Å². The van der Waals surface area contributed by atoms with Crippen molar-refractivity contribution < 1.29 is 9.53 Å². The molecule has 0 bridgehead atoms. The zero-order valence-corrected chi connectivity index (χ0v) is 13.7. The maximum absolute atomic E-state index is 11.5. The summed E-state index contributed by atoms with van der Waals surface area (Å²) in [6.07, 6.45) is 0. The molecule has 2 heterocycles. The van der Waals surface area contributed by atoms with Gasteiger partial charge >= 0.3 is 5.97 Å². The van der Waals surface area contributed by atoms with Crippen LogP contribution in [0, 0.1) is 6.92 Å². The van der Waals surface area contributed by atoms with Gasteiger partial charge in [-0.25, -0.2) is 9.78 Å². The molecule has 0 fully saturated rings. The summed E-state index contributed by atoms with van der Waals surface area (Å²) in [5, 5.41) is 6.16. The van der Waals surface area contributed by atoms with Gasteiger partial charge in [0.15, 0.2) is 10.8 Å². The third-order valence-corrected chi connectivity index (χ3v) is 5.21. The minimum atomic E-state index is -0.385. The van der Waals surface area contributed by atoms with E-state index in [1.807, 2.05) is 6.92 Å². The molecule has 108 valence electrons. The lowest BCUT2D eigenvalue weighted by atomic mass is 9.91. The number of ether oxygens (including phenoxy) is 1. The van der Waals surface area contributed by atoms with Gasteiger partial charge in [-0.05, 0) is 18.4 Å². The highest BCUT2D eigenvalue weighted by Crippen LogP contribution is 2.29. The molecule has 0 spiro atoms. The van der Waals surface area contributed by atoms with Gasteiger partial charge < -0.3 is 10.1 Å². The molecular formula is C14H18N2O2S2. The van der Waals surface area contributed by atoms with Crippen LogP contribution in [-0.4, -0.2) is 24.6 Å². The Morgan fingerprint density at radius 1 is 1.50 bits per heavy atom. The average molecular weight is 310 g/mol. The molecule has 0 amide bonds. The fourth-order valence-corrected chi connectivity index (χ4v) is 3.45. The number of hydrogen-bond acceptors (Lipinski definition) is 6. The molecule has 0 aliphatic heterocycles. The lowest BCUT2D eigenvalue weighted by molar-refractivity contribution is 0.0594. The standard InChI is InChI=1S/C14H18N2O2S2/c1-9-11(12(17)18-4)16-13(20-9)15-8-14(2,3)10-6-5-7-19-10/h5-7H,8H2,1-4H3,(H,15,16). The first-order valence-electron chi connectivity index (χ1n) is 6.27. The van der Waals surface area contributed by atoms with Crippen molar-refractivity contribution in [2.75, 3.05) is 19.0 Å². The monoisotopic (exact) mass is 310 g/mol. The Morgan fingerprint density at radius 2 is 2.25 bits per heavy atom. The first kappa shape index (κ1) is 15.0. The molecule has 2 rings (SSSR count). The van der Waals surface area contributed by atoms with Crippen molar-refractivity contribution in [3.63, 3.8) is 0 Å². The van der Waals surface area contributed by atoms with Gasteiger partial charge in [0, 0.05) is 21.7 Å². The molecule has 2 aromatic rings. The number of carbonyl (C=O) groups is 1. The van der Waals surface area contributed by atoms with Crippen LogP contribution in [-0.2, 0) is 10.2 Å². The molecule has 0 aliphatic carbocycles. The largest absolute Gasteiger partial charge is 0.464 e. The molecular weight excluding hydrogens is 292 g/mol. The molecule has 6 heteroatoms. The zero-order valence-electron chi connectivity index (χ0n) is 12.0. The van der Waals surface area contributed by atoms with E-state index in [-0.39, 0.29) is 11.4 Å². The summed E-state index contributed by atoms with van der Waals surface area (Å²) in [5.41, 5.74) is 0.424. The SMILES string of the molecule is COC(=O)c1nc(NCC(C)(C)c2cccs2)sc1C. The molecule has 0 saturated heterocycles. The summed E-state index contributed by atoms with van der Waals surface area (Å²) in [6, 6.07) is 4.20. The van der Waals surface area contributed by atoms with E-state index in [9.17, 15) is 4.79 Å². The number of thiophene rings is 1. The highest BCUT2D eigenvalue weighted by Gasteiger charge is 2.23. The summed E-state index contributed by atoms with van der Waals surface area (Å²) in [6.45, 7) is 7.02. The molecule has 0 radical (unpaired) electrons. The van der Waals surface area contributed by atoms with Crippen molar-refractivity contribution in [1.82, 2.24) is 4.98 Å². The van der Waals surface area contributed by atoms with Crippen LogP contribution in [0.15, 0.2) is 17.5 Å². The van der Waals surface area contributed by atoms with Crippen LogP contribution in [0.3, 0.4) is 0 Å². The van der Waals surface area contributed by atoms with Gasteiger partial charge in [-0.15, -0.1) is 22.7 Å². The van der Waals surface area contributed by atoms with Gasteiger partial charge in [-0.2, -0.15) is 0 Å². The highest BCUT2D eigenvalue weighted by atomic mass is 32.1. The van der Waals surface area contributed by atoms with Gasteiger partial charge in [0.05, 0.1) is 7.11 Å². The van der Waals surface area contributed by atoms with Gasteiger partial charge in [0.2, 0.25) is 0 Å². The second kappa shape index (κ2) is 5.93. The van der Waals surface area contributed by atoms with E-state index < -0.39 is 0 Å². The molecule has 4 nitrogen and oxygen atoms in total. The summed E-state index contributed by atoms with van der Waals surface area (Å²) >= 11 is 3.23. The number of esters is 1. The second-order valence-electron chi connectivity index (χ2n) is 5.13. The first-order valence-corrected chi connectivity index (χ1v) is 7.97. The number of nitrogens with zero attached hydrogens (tertiary/aromatic N) is 1. The van der Waals surface area contributed by atoms with E-state index in [2.05, 4.69) is 41.7 Å². The van der Waals surface area contributed by atoms with Crippen LogP contribution in [0.5, 0.6) is 0 Å². The van der Waals surface area contributed by atoms with E-state index in [0.717, 1.165) is 16.6 Å². The average Bonchev–Trinajstić information content (AvgIpc) is 3.05. The van der Waals surface area contributed by atoms with Gasteiger partial charge in [0.1, 0.15) is 0 Å². The molecule has 0 saturated carbocycles. The van der Waals surface area contributed by atoms with Crippen LogP contribution >= 0.6 is 22.7 Å². The Bertz CT molecular complexity index is 588. The van der Waals surface area contributed by atoms with Crippen molar-refractivity contribution >= 4 is 33.8 Å². The lowest BCUT2D eigenvalue weighted by Gasteiger charge is -2.23. The first-order chi connectivity index (χ1) is 9.44. The Balaban J connectivity index is 2.06.